The molecule has 0 amide bonds. The van der Waals surface area contributed by atoms with Gasteiger partial charge in [-0.1, -0.05) is 148 Å². The average molecular weight is 631 g/mol. The molecule has 2 rings (SSSR count). The van der Waals surface area contributed by atoms with Crippen LogP contribution in [0.15, 0.2) is 24.3 Å². The van der Waals surface area contributed by atoms with Crippen LogP contribution < -0.4 is 9.47 Å². The van der Waals surface area contributed by atoms with E-state index < -0.39 is 0 Å². The summed E-state index contributed by atoms with van der Waals surface area (Å²) >= 11 is 0. The Bertz CT molecular complexity index is 731. The minimum absolute atomic E-state index is 0.0160. The Morgan fingerprint density at radius 1 is 0.511 bits per heavy atom. The van der Waals surface area contributed by atoms with E-state index in [1.165, 1.54) is 141 Å². The Kier molecular flexibility index (Phi) is 24.6. The Balaban J connectivity index is 1.68. The van der Waals surface area contributed by atoms with Gasteiger partial charge in [0.1, 0.15) is 11.5 Å². The highest BCUT2D eigenvalue weighted by atomic mass is 16.5. The highest BCUT2D eigenvalue weighted by molar-refractivity contribution is 5.33. The fourth-order valence-electron chi connectivity index (χ4n) is 6.48. The van der Waals surface area contributed by atoms with Crippen molar-refractivity contribution in [2.24, 2.45) is 0 Å². The summed E-state index contributed by atoms with van der Waals surface area (Å²) < 4.78 is 19.2. The van der Waals surface area contributed by atoms with Gasteiger partial charge in [0, 0.05) is 32.0 Å². The summed E-state index contributed by atoms with van der Waals surface area (Å²) in [6, 6.07) is 8.27. The molecule has 0 radical (unpaired) electrons. The molecule has 0 saturated heterocycles. The first-order valence-corrected chi connectivity index (χ1v) is 19.6. The van der Waals surface area contributed by atoms with Crippen molar-refractivity contribution >= 4 is 0 Å². The van der Waals surface area contributed by atoms with E-state index in [4.69, 9.17) is 14.2 Å². The van der Waals surface area contributed by atoms with Crippen molar-refractivity contribution in [1.82, 2.24) is 9.80 Å². The predicted octanol–water partition coefficient (Wildman–Crippen LogP) is 11.4. The van der Waals surface area contributed by atoms with Crippen LogP contribution in [0.3, 0.4) is 0 Å². The molecule has 1 aromatic carbocycles. The number of ether oxygens (including phenoxy) is 3. The van der Waals surface area contributed by atoms with Gasteiger partial charge in [0.2, 0.25) is 0 Å². The summed E-state index contributed by atoms with van der Waals surface area (Å²) in [5.74, 6) is 1.77. The van der Waals surface area contributed by atoms with Crippen LogP contribution in [0.4, 0.5) is 0 Å². The highest BCUT2D eigenvalue weighted by Crippen LogP contribution is 2.25. The van der Waals surface area contributed by atoms with Crippen LogP contribution in [0.1, 0.15) is 168 Å². The minimum atomic E-state index is 0.0160. The molecule has 0 spiro atoms. The number of hydrogen-bond acceptors (Lipinski definition) is 5. The lowest BCUT2D eigenvalue weighted by Crippen LogP contribution is -2.40. The zero-order valence-electron chi connectivity index (χ0n) is 30.4. The van der Waals surface area contributed by atoms with Crippen LogP contribution >= 0.6 is 0 Å². The van der Waals surface area contributed by atoms with E-state index in [9.17, 15) is 0 Å². The standard InChI is InChI=1S/C40H74N2O3/c1-5-7-9-11-13-15-17-19-21-23-25-32-41(3)39-30-34-43-35-31-40(45-38-29-27-28-37(36-38)44-39)42(4)33-26-24-22-20-18-16-14-12-10-8-6-2/h27-29,36,39-40H,5-26,30-35H2,1-4H3. The highest BCUT2D eigenvalue weighted by Gasteiger charge is 2.21. The second-order valence-corrected chi connectivity index (χ2v) is 13.8. The van der Waals surface area contributed by atoms with Crippen LogP contribution in [0, 0.1) is 0 Å². The van der Waals surface area contributed by atoms with Gasteiger partial charge in [0.25, 0.3) is 0 Å². The maximum Gasteiger partial charge on any atom is 0.154 e. The topological polar surface area (TPSA) is 34.2 Å². The molecule has 0 aromatic heterocycles. The van der Waals surface area contributed by atoms with Crippen LogP contribution in [0.25, 0.3) is 0 Å². The van der Waals surface area contributed by atoms with Gasteiger partial charge in [-0.3, -0.25) is 9.80 Å². The maximum absolute atomic E-state index is 6.53. The first kappa shape index (κ1) is 39.9. The van der Waals surface area contributed by atoms with Gasteiger partial charge in [-0.2, -0.15) is 0 Å². The number of hydrogen-bond donors (Lipinski definition) is 0. The monoisotopic (exact) mass is 631 g/mol. The first-order valence-electron chi connectivity index (χ1n) is 19.6. The molecule has 0 N–H and O–H groups in total. The SMILES string of the molecule is CCCCCCCCCCCCCN(C)C1CCOCCC(N(C)CCCCCCCCCCCCC)Oc2cccc(c2)O1. The van der Waals surface area contributed by atoms with Crippen molar-refractivity contribution in [2.45, 2.75) is 180 Å². The molecular formula is C40H74N2O3. The van der Waals surface area contributed by atoms with Crippen molar-refractivity contribution in [1.29, 1.82) is 0 Å². The van der Waals surface area contributed by atoms with Crippen LogP contribution in [0.2, 0.25) is 0 Å². The van der Waals surface area contributed by atoms with E-state index in [0.29, 0.717) is 13.2 Å². The van der Waals surface area contributed by atoms with Gasteiger partial charge in [0.15, 0.2) is 12.5 Å². The summed E-state index contributed by atoms with van der Waals surface area (Å²) in [5, 5.41) is 0. The zero-order valence-corrected chi connectivity index (χ0v) is 30.4. The van der Waals surface area contributed by atoms with Crippen LogP contribution in [-0.4, -0.2) is 62.7 Å². The molecule has 5 nitrogen and oxygen atoms in total. The van der Waals surface area contributed by atoms with Crippen LogP contribution in [-0.2, 0) is 4.74 Å². The summed E-state index contributed by atoms with van der Waals surface area (Å²) in [4.78, 5) is 4.75. The summed E-state index contributed by atoms with van der Waals surface area (Å²) in [6.45, 7) is 8.12. The zero-order chi connectivity index (χ0) is 32.2. The second-order valence-electron chi connectivity index (χ2n) is 13.8. The fourth-order valence-corrected chi connectivity index (χ4v) is 6.48. The van der Waals surface area contributed by atoms with E-state index in [1.54, 1.807) is 0 Å². The predicted molar refractivity (Wildman–Crippen MR) is 194 cm³/mol. The molecule has 1 heterocycles. The molecule has 2 unspecified atom stereocenters. The second kappa shape index (κ2) is 27.8. The first-order chi connectivity index (χ1) is 22.1. The molecule has 0 fully saturated rings. The Hall–Kier alpha value is -1.30. The third-order valence-corrected chi connectivity index (χ3v) is 9.58. The lowest BCUT2D eigenvalue weighted by atomic mass is 10.1. The van der Waals surface area contributed by atoms with Gasteiger partial charge in [-0.05, 0) is 39.1 Å². The van der Waals surface area contributed by atoms with Crippen LogP contribution in [0.5, 0.6) is 11.5 Å². The number of nitrogens with zero attached hydrogens (tertiary/aromatic N) is 2. The van der Waals surface area contributed by atoms with Gasteiger partial charge >= 0.3 is 0 Å². The van der Waals surface area contributed by atoms with Crippen molar-refractivity contribution in [3.05, 3.63) is 24.3 Å². The summed E-state index contributed by atoms with van der Waals surface area (Å²) in [6.07, 6.45) is 32.0. The molecule has 262 valence electrons. The molecule has 0 saturated carbocycles. The Labute approximate surface area is 280 Å². The molecular weight excluding hydrogens is 556 g/mol. The van der Waals surface area contributed by atoms with E-state index in [1.807, 2.05) is 0 Å². The van der Waals surface area contributed by atoms with Crippen molar-refractivity contribution in [2.75, 3.05) is 40.4 Å². The van der Waals surface area contributed by atoms with E-state index in [-0.39, 0.29) is 12.5 Å². The van der Waals surface area contributed by atoms with Crippen molar-refractivity contribution in [3.8, 4) is 11.5 Å². The third kappa shape index (κ3) is 20.5. The quantitative estimate of drug-likeness (QED) is 0.0951. The number of unbranched alkanes of at least 4 members (excludes halogenated alkanes) is 20. The lowest BCUT2D eigenvalue weighted by Gasteiger charge is -2.31. The maximum atomic E-state index is 6.53. The van der Waals surface area contributed by atoms with Crippen molar-refractivity contribution in [3.63, 3.8) is 0 Å². The smallest absolute Gasteiger partial charge is 0.154 e. The average Bonchev–Trinajstić information content (AvgIpc) is 3.04. The normalized spacial score (nSPS) is 17.6. The van der Waals surface area contributed by atoms with Crippen molar-refractivity contribution < 1.29 is 14.2 Å². The molecule has 1 aromatic rings. The number of fused-ring (bicyclic) bond motifs is 2. The molecule has 1 aliphatic rings. The van der Waals surface area contributed by atoms with Gasteiger partial charge in [-0.15, -0.1) is 0 Å². The minimum Gasteiger partial charge on any atom is -0.475 e. The largest absolute Gasteiger partial charge is 0.475 e. The molecule has 2 atom stereocenters. The summed E-state index contributed by atoms with van der Waals surface area (Å²) in [5.41, 5.74) is 0. The molecule has 2 bridgehead atoms. The van der Waals surface area contributed by atoms with E-state index in [2.05, 4.69) is 62.0 Å². The van der Waals surface area contributed by atoms with Gasteiger partial charge < -0.3 is 14.2 Å². The van der Waals surface area contributed by atoms with E-state index >= 15 is 0 Å². The Morgan fingerprint density at radius 3 is 1.20 bits per heavy atom. The third-order valence-electron chi connectivity index (χ3n) is 9.58. The fraction of sp³-hybridized carbons (Fsp3) is 0.850. The summed E-state index contributed by atoms with van der Waals surface area (Å²) in [7, 11) is 4.40. The van der Waals surface area contributed by atoms with Gasteiger partial charge in [0.05, 0.1) is 13.2 Å². The molecule has 5 heteroatoms. The molecule has 45 heavy (non-hydrogen) atoms. The lowest BCUT2D eigenvalue weighted by molar-refractivity contribution is -0.0157. The van der Waals surface area contributed by atoms with Gasteiger partial charge in [-0.25, -0.2) is 0 Å². The Morgan fingerprint density at radius 2 is 0.844 bits per heavy atom. The molecule has 0 aliphatic carbocycles. The van der Waals surface area contributed by atoms with E-state index in [0.717, 1.165) is 37.4 Å². The number of rotatable bonds is 26. The molecule has 1 aliphatic heterocycles. The number of benzene rings is 1.